The molecule has 4 aliphatic rings. The van der Waals surface area contributed by atoms with Crippen molar-refractivity contribution >= 4 is 58.3 Å². The lowest BCUT2D eigenvalue weighted by Crippen LogP contribution is -2.52. The molecule has 6 nitrogen and oxygen atoms in total. The molecule has 1 fully saturated rings. The summed E-state index contributed by atoms with van der Waals surface area (Å²) in [6.07, 6.45) is 0. The predicted molar refractivity (Wildman–Crippen MR) is 159 cm³/mol. The van der Waals surface area contributed by atoms with Crippen molar-refractivity contribution in [1.29, 1.82) is 0 Å². The Hall–Kier alpha value is -3.97. The third kappa shape index (κ3) is 4.01. The molecule has 9 heteroatoms. The number of carbonyl (C=O) groups excluding carboxylic acids is 4. The summed E-state index contributed by atoms with van der Waals surface area (Å²) in [5.74, 6) is -4.37. The van der Waals surface area contributed by atoms with Crippen molar-refractivity contribution in [2.24, 2.45) is 11.8 Å². The SMILES string of the molecule is O=C(CN(C(=O)c1ccc(Cl)c(Cl)c1)N1C(=O)[C@@H]2C3c4ccccc4C(c4ccccc43)[C@H]2C1=O)c1ccc(Cl)cc1. The van der Waals surface area contributed by atoms with Crippen molar-refractivity contribution < 1.29 is 19.2 Å². The fraction of sp³-hybridized carbons (Fsp3) is 0.152. The topological polar surface area (TPSA) is 74.8 Å². The average molecular weight is 616 g/mol. The van der Waals surface area contributed by atoms with E-state index in [1.165, 1.54) is 30.3 Å². The minimum Gasteiger partial charge on any atom is -0.292 e. The van der Waals surface area contributed by atoms with Gasteiger partial charge in [0.25, 0.3) is 17.7 Å². The van der Waals surface area contributed by atoms with Gasteiger partial charge in [0.15, 0.2) is 5.78 Å². The summed E-state index contributed by atoms with van der Waals surface area (Å²) >= 11 is 18.3. The van der Waals surface area contributed by atoms with Crippen LogP contribution in [0.15, 0.2) is 91.0 Å². The van der Waals surface area contributed by atoms with E-state index in [0.29, 0.717) is 5.02 Å². The van der Waals surface area contributed by atoms with Crippen LogP contribution in [0.1, 0.15) is 54.8 Å². The molecule has 42 heavy (non-hydrogen) atoms. The first-order valence-electron chi connectivity index (χ1n) is 13.4. The molecule has 208 valence electrons. The number of hydrogen-bond donors (Lipinski definition) is 0. The molecule has 4 aromatic carbocycles. The Morgan fingerprint density at radius 3 is 1.60 bits per heavy atom. The zero-order valence-electron chi connectivity index (χ0n) is 21.8. The molecular formula is C33H21Cl3N2O4. The van der Waals surface area contributed by atoms with Crippen LogP contribution in [0, 0.1) is 11.8 Å². The van der Waals surface area contributed by atoms with Gasteiger partial charge in [-0.1, -0.05) is 83.3 Å². The third-order valence-electron chi connectivity index (χ3n) is 8.53. The summed E-state index contributed by atoms with van der Waals surface area (Å²) in [5, 5.41) is 2.66. The number of imide groups is 1. The molecule has 3 amide bonds. The largest absolute Gasteiger partial charge is 0.292 e. The number of hydrazine groups is 1. The van der Waals surface area contributed by atoms with Gasteiger partial charge in [-0.3, -0.25) is 19.2 Å². The first-order valence-corrected chi connectivity index (χ1v) is 14.5. The van der Waals surface area contributed by atoms with Crippen molar-refractivity contribution in [3.63, 3.8) is 0 Å². The van der Waals surface area contributed by atoms with Crippen molar-refractivity contribution in [3.05, 3.63) is 139 Å². The number of Topliss-reactive ketones (excluding diaryl/α,β-unsaturated/α-hetero) is 1. The number of carbonyl (C=O) groups is 4. The molecule has 0 saturated carbocycles. The van der Waals surface area contributed by atoms with E-state index >= 15 is 0 Å². The quantitative estimate of drug-likeness (QED) is 0.183. The highest BCUT2D eigenvalue weighted by molar-refractivity contribution is 6.42. The standard InChI is InChI=1S/C33H21Cl3N2O4/c34-19-12-9-17(10-13-19)26(39)16-37(31(40)18-11-14-24(35)25(36)15-18)38-32(41)29-27-20-5-1-2-6-21(20)28(30(29)33(38)42)23-8-4-3-7-22(23)27/h1-15,27-30H,16H2/t27?,28?,29-,30-/m1/s1. The van der Waals surface area contributed by atoms with Gasteiger partial charge in [0.05, 0.1) is 21.9 Å². The molecule has 2 atom stereocenters. The molecule has 8 rings (SSSR count). The second-order valence-corrected chi connectivity index (χ2v) is 11.9. The third-order valence-corrected chi connectivity index (χ3v) is 9.52. The Morgan fingerprint density at radius 2 is 1.12 bits per heavy atom. The monoisotopic (exact) mass is 614 g/mol. The number of rotatable bonds is 5. The van der Waals surface area contributed by atoms with Crippen molar-refractivity contribution in [1.82, 2.24) is 10.0 Å². The van der Waals surface area contributed by atoms with E-state index in [2.05, 4.69) is 0 Å². The number of benzene rings is 4. The van der Waals surface area contributed by atoms with Gasteiger partial charge >= 0.3 is 0 Å². The molecule has 0 unspecified atom stereocenters. The zero-order valence-corrected chi connectivity index (χ0v) is 24.1. The lowest BCUT2D eigenvalue weighted by molar-refractivity contribution is -0.154. The number of ketones is 1. The molecule has 4 aromatic rings. The van der Waals surface area contributed by atoms with E-state index in [1.54, 1.807) is 12.1 Å². The van der Waals surface area contributed by atoms with Crippen LogP contribution >= 0.6 is 34.8 Å². The molecule has 3 aliphatic carbocycles. The van der Waals surface area contributed by atoms with Crippen LogP contribution in [0.2, 0.25) is 15.1 Å². The van der Waals surface area contributed by atoms with Gasteiger partial charge in [-0.05, 0) is 64.7 Å². The van der Waals surface area contributed by atoms with E-state index in [9.17, 15) is 19.2 Å². The highest BCUT2D eigenvalue weighted by atomic mass is 35.5. The maximum absolute atomic E-state index is 14.4. The molecule has 1 saturated heterocycles. The maximum Gasteiger partial charge on any atom is 0.273 e. The molecule has 1 aliphatic heterocycles. The predicted octanol–water partition coefficient (Wildman–Crippen LogP) is 6.78. The van der Waals surface area contributed by atoms with Gasteiger partial charge in [0.1, 0.15) is 6.54 Å². The normalized spacial score (nSPS) is 21.5. The van der Waals surface area contributed by atoms with Gasteiger partial charge in [0.2, 0.25) is 0 Å². The summed E-state index contributed by atoms with van der Waals surface area (Å²) in [5.41, 5.74) is 4.38. The lowest BCUT2D eigenvalue weighted by atomic mass is 9.55. The summed E-state index contributed by atoms with van der Waals surface area (Å²) < 4.78 is 0. The highest BCUT2D eigenvalue weighted by Gasteiger charge is 2.63. The van der Waals surface area contributed by atoms with Crippen LogP contribution in [-0.2, 0) is 9.59 Å². The summed E-state index contributed by atoms with van der Waals surface area (Å²) in [4.78, 5) is 56.2. The van der Waals surface area contributed by atoms with Crippen LogP contribution in [0.25, 0.3) is 0 Å². The van der Waals surface area contributed by atoms with E-state index in [-0.39, 0.29) is 33.0 Å². The molecule has 0 N–H and O–H groups in total. The summed E-state index contributed by atoms with van der Waals surface area (Å²) in [6.45, 7) is -0.549. The highest BCUT2D eigenvalue weighted by Crippen LogP contribution is 2.61. The maximum atomic E-state index is 14.4. The number of amides is 3. The van der Waals surface area contributed by atoms with Crippen molar-refractivity contribution in [3.8, 4) is 0 Å². The molecule has 2 bridgehead atoms. The van der Waals surface area contributed by atoms with E-state index in [0.717, 1.165) is 32.3 Å². The van der Waals surface area contributed by atoms with Gasteiger partial charge in [-0.15, -0.1) is 0 Å². The zero-order chi connectivity index (χ0) is 29.3. The molecule has 0 spiro atoms. The minimum atomic E-state index is -0.724. The van der Waals surface area contributed by atoms with Crippen LogP contribution in [-0.4, -0.2) is 40.1 Å². The van der Waals surface area contributed by atoms with Gasteiger partial charge in [-0.2, -0.15) is 5.01 Å². The van der Waals surface area contributed by atoms with Gasteiger partial charge < -0.3 is 0 Å². The van der Waals surface area contributed by atoms with Crippen LogP contribution in [0.3, 0.4) is 0 Å². The Balaban J connectivity index is 1.33. The van der Waals surface area contributed by atoms with Crippen LogP contribution < -0.4 is 0 Å². The fourth-order valence-electron chi connectivity index (χ4n) is 6.77. The summed E-state index contributed by atoms with van der Waals surface area (Å²) in [6, 6.07) is 26.2. The Bertz CT molecular complexity index is 1710. The second-order valence-electron chi connectivity index (χ2n) is 10.7. The van der Waals surface area contributed by atoms with E-state index in [1.807, 2.05) is 48.5 Å². The van der Waals surface area contributed by atoms with Crippen LogP contribution in [0.5, 0.6) is 0 Å². The van der Waals surface area contributed by atoms with Crippen LogP contribution in [0.4, 0.5) is 0 Å². The van der Waals surface area contributed by atoms with Crippen molar-refractivity contribution in [2.45, 2.75) is 11.8 Å². The first-order chi connectivity index (χ1) is 20.3. The Labute approximate surface area is 256 Å². The first kappa shape index (κ1) is 26.9. The minimum absolute atomic E-state index is 0.0818. The molecule has 0 aromatic heterocycles. The van der Waals surface area contributed by atoms with Gasteiger partial charge in [0, 0.05) is 28.0 Å². The Morgan fingerprint density at radius 1 is 0.643 bits per heavy atom. The lowest BCUT2D eigenvalue weighted by Gasteiger charge is -2.45. The molecule has 0 radical (unpaired) electrons. The fourth-order valence-corrected chi connectivity index (χ4v) is 7.20. The smallest absolute Gasteiger partial charge is 0.273 e. The van der Waals surface area contributed by atoms with E-state index < -0.39 is 41.9 Å². The number of hydrogen-bond acceptors (Lipinski definition) is 4. The van der Waals surface area contributed by atoms with E-state index in [4.69, 9.17) is 34.8 Å². The molecular weight excluding hydrogens is 595 g/mol. The summed E-state index contributed by atoms with van der Waals surface area (Å²) in [7, 11) is 0. The number of nitrogens with zero attached hydrogens (tertiary/aromatic N) is 2. The Kier molecular flexibility index (Phi) is 6.46. The van der Waals surface area contributed by atoms with Crippen molar-refractivity contribution in [2.75, 3.05) is 6.54 Å². The average Bonchev–Trinajstić information content (AvgIpc) is 3.27. The number of halogens is 3. The molecule has 1 heterocycles. The second kappa shape index (κ2) is 10.1. The van der Waals surface area contributed by atoms with Gasteiger partial charge in [-0.25, -0.2) is 5.01 Å².